The van der Waals surface area contributed by atoms with Gasteiger partial charge in [-0.2, -0.15) is 0 Å². The molecule has 1 amide bonds. The van der Waals surface area contributed by atoms with Crippen LogP contribution in [0.15, 0.2) is 97.1 Å². The second-order valence-corrected chi connectivity index (χ2v) is 9.90. The summed E-state index contributed by atoms with van der Waals surface area (Å²) in [5.41, 5.74) is 6.17. The maximum atomic E-state index is 13.2. The van der Waals surface area contributed by atoms with E-state index in [2.05, 4.69) is 39.9 Å². The highest BCUT2D eigenvalue weighted by atomic mass is 32.1. The number of carbonyl (C=O) groups excluding carboxylic acids is 1. The molecule has 0 fully saturated rings. The zero-order chi connectivity index (χ0) is 27.6. The van der Waals surface area contributed by atoms with Crippen molar-refractivity contribution in [3.05, 3.63) is 124 Å². The molecule has 0 aliphatic heterocycles. The van der Waals surface area contributed by atoms with Crippen LogP contribution in [0.2, 0.25) is 0 Å². The van der Waals surface area contributed by atoms with Gasteiger partial charge >= 0.3 is 6.09 Å². The predicted molar refractivity (Wildman–Crippen MR) is 154 cm³/mol. The highest BCUT2D eigenvalue weighted by molar-refractivity contribution is 7.80. The van der Waals surface area contributed by atoms with Crippen molar-refractivity contribution in [3.8, 4) is 11.1 Å². The number of alkyl carbamates (subject to hydrolysis) is 1. The molecule has 1 heterocycles. The molecule has 1 N–H and O–H groups in total. The molecule has 40 heavy (non-hydrogen) atoms. The van der Waals surface area contributed by atoms with E-state index in [-0.39, 0.29) is 23.2 Å². The summed E-state index contributed by atoms with van der Waals surface area (Å²) in [5, 5.41) is 22.5. The summed E-state index contributed by atoms with van der Waals surface area (Å²) in [6.45, 7) is 0.156. The second kappa shape index (κ2) is 10.7. The van der Waals surface area contributed by atoms with E-state index in [1.165, 1.54) is 22.9 Å². The zero-order valence-corrected chi connectivity index (χ0v) is 22.0. The van der Waals surface area contributed by atoms with Crippen LogP contribution in [-0.4, -0.2) is 43.6 Å². The number of nitrogens with one attached hydrogen (secondary N) is 1. The van der Waals surface area contributed by atoms with Crippen molar-refractivity contribution in [2.24, 2.45) is 0 Å². The Morgan fingerprint density at radius 2 is 1.62 bits per heavy atom. The minimum absolute atomic E-state index is 0.0857. The normalized spacial score (nSPS) is 12.9. The van der Waals surface area contributed by atoms with Gasteiger partial charge in [0, 0.05) is 18.1 Å². The number of hydrogen-bond acceptors (Lipinski definition) is 7. The highest BCUT2D eigenvalue weighted by Gasteiger charge is 2.30. The summed E-state index contributed by atoms with van der Waals surface area (Å²) in [6, 6.07) is 29.4. The molecule has 9 nitrogen and oxygen atoms in total. The number of amides is 1. The smallest absolute Gasteiger partial charge is 0.407 e. The van der Waals surface area contributed by atoms with Gasteiger partial charge in [0.05, 0.1) is 11.0 Å². The lowest BCUT2D eigenvalue weighted by atomic mass is 9.98. The lowest BCUT2D eigenvalue weighted by Gasteiger charge is -2.21. The van der Waals surface area contributed by atoms with Crippen molar-refractivity contribution < 1.29 is 14.5 Å². The van der Waals surface area contributed by atoms with E-state index in [9.17, 15) is 14.9 Å². The third kappa shape index (κ3) is 4.80. The van der Waals surface area contributed by atoms with Crippen LogP contribution < -0.4 is 5.32 Å². The van der Waals surface area contributed by atoms with Crippen molar-refractivity contribution in [2.45, 2.75) is 18.4 Å². The minimum atomic E-state index is -0.697. The van der Waals surface area contributed by atoms with Gasteiger partial charge in [-0.3, -0.25) is 10.1 Å². The van der Waals surface area contributed by atoms with E-state index < -0.39 is 17.1 Å². The number of nitrogens with zero attached hydrogens (tertiary/aromatic N) is 4. The number of thiocarbonyl (C=S) groups is 1. The summed E-state index contributed by atoms with van der Waals surface area (Å²) in [6.07, 6.45) is -0.263. The minimum Gasteiger partial charge on any atom is -0.449 e. The number of nitro groups is 1. The average Bonchev–Trinajstić information content (AvgIpc) is 3.55. The van der Waals surface area contributed by atoms with Crippen molar-refractivity contribution in [1.82, 2.24) is 20.3 Å². The van der Waals surface area contributed by atoms with Gasteiger partial charge < -0.3 is 10.1 Å². The highest BCUT2D eigenvalue weighted by Crippen LogP contribution is 2.44. The third-order valence-electron chi connectivity index (χ3n) is 7.07. The number of benzene rings is 4. The molecule has 4 aromatic carbocycles. The Hall–Kier alpha value is -4.96. The summed E-state index contributed by atoms with van der Waals surface area (Å²) in [4.78, 5) is 24.3. The Labute approximate surface area is 234 Å². The van der Waals surface area contributed by atoms with Crippen molar-refractivity contribution in [3.63, 3.8) is 0 Å². The molecule has 0 radical (unpaired) electrons. The molecule has 0 unspecified atom stereocenters. The molecule has 6 rings (SSSR count). The lowest BCUT2D eigenvalue weighted by Crippen LogP contribution is -2.45. The van der Waals surface area contributed by atoms with Gasteiger partial charge in [-0.15, -0.1) is 5.10 Å². The molecule has 5 aromatic rings. The number of fused-ring (bicyclic) bond motifs is 4. The first kappa shape index (κ1) is 25.3. The maximum absolute atomic E-state index is 13.2. The molecule has 1 atom stereocenters. The van der Waals surface area contributed by atoms with E-state index >= 15 is 0 Å². The first-order chi connectivity index (χ1) is 19.5. The van der Waals surface area contributed by atoms with Crippen LogP contribution in [0.4, 0.5) is 10.5 Å². The van der Waals surface area contributed by atoms with E-state index in [0.29, 0.717) is 17.5 Å². The first-order valence-electron chi connectivity index (χ1n) is 12.7. The van der Waals surface area contributed by atoms with Gasteiger partial charge in [0.2, 0.25) is 0 Å². The standard InChI is InChI=1S/C30H23N5O4S/c36-30(39-18-25-23-12-6-4-10-21(23)22-11-5-7-13-24(22)25)31-27(16-19-8-2-1-3-9-19)29(40)34-28-17-20(35(37)38)14-15-26(28)32-33-34/h1-15,17,25,27H,16,18H2,(H,31,36)/t27-/m1/s1. The van der Waals surface area contributed by atoms with Gasteiger partial charge in [0.15, 0.2) is 0 Å². The van der Waals surface area contributed by atoms with Crippen LogP contribution in [0.5, 0.6) is 0 Å². The summed E-state index contributed by atoms with van der Waals surface area (Å²) < 4.78 is 7.13. The van der Waals surface area contributed by atoms with E-state index in [0.717, 1.165) is 27.8 Å². The molecule has 10 heteroatoms. The van der Waals surface area contributed by atoms with Crippen LogP contribution in [0, 0.1) is 10.1 Å². The van der Waals surface area contributed by atoms with Gasteiger partial charge in [-0.25, -0.2) is 9.48 Å². The second-order valence-electron chi connectivity index (χ2n) is 9.48. The predicted octanol–water partition coefficient (Wildman–Crippen LogP) is 5.67. The Morgan fingerprint density at radius 1 is 0.975 bits per heavy atom. The van der Waals surface area contributed by atoms with Crippen molar-refractivity contribution >= 4 is 40.0 Å². The van der Waals surface area contributed by atoms with Crippen LogP contribution in [0.1, 0.15) is 22.6 Å². The van der Waals surface area contributed by atoms with Crippen LogP contribution in [0.3, 0.4) is 0 Å². The van der Waals surface area contributed by atoms with Gasteiger partial charge in [0.1, 0.15) is 22.6 Å². The number of hydrogen-bond donors (Lipinski definition) is 1. The maximum Gasteiger partial charge on any atom is 0.407 e. The monoisotopic (exact) mass is 549 g/mol. The summed E-state index contributed by atoms with van der Waals surface area (Å²) >= 11 is 5.77. The fourth-order valence-corrected chi connectivity index (χ4v) is 5.44. The number of non-ortho nitro benzene ring substituents is 1. The number of rotatable bonds is 7. The van der Waals surface area contributed by atoms with E-state index in [4.69, 9.17) is 17.0 Å². The SMILES string of the molecule is O=C(N[C@H](Cc1ccccc1)C(=S)n1nnc2ccc([N+](=O)[O-])cc21)OCC1c2ccccc2-c2ccccc21. The topological polar surface area (TPSA) is 112 Å². The molecule has 1 aliphatic carbocycles. The van der Waals surface area contributed by atoms with Crippen LogP contribution in [0.25, 0.3) is 22.2 Å². The largest absolute Gasteiger partial charge is 0.449 e. The van der Waals surface area contributed by atoms with Crippen molar-refractivity contribution in [2.75, 3.05) is 6.61 Å². The van der Waals surface area contributed by atoms with Gasteiger partial charge in [0.25, 0.3) is 5.69 Å². The number of aromatic nitrogens is 3. The number of ether oxygens (including phenoxy) is 1. The van der Waals surface area contributed by atoms with Crippen LogP contribution >= 0.6 is 12.2 Å². The van der Waals surface area contributed by atoms with E-state index in [1.807, 2.05) is 54.6 Å². The molecule has 198 valence electrons. The van der Waals surface area contributed by atoms with E-state index in [1.54, 1.807) is 0 Å². The summed E-state index contributed by atoms with van der Waals surface area (Å²) in [5.74, 6) is -0.0857. The Bertz CT molecular complexity index is 1710. The third-order valence-corrected chi connectivity index (χ3v) is 7.52. The molecule has 0 spiro atoms. The zero-order valence-electron chi connectivity index (χ0n) is 21.1. The Balaban J connectivity index is 1.24. The Kier molecular flexibility index (Phi) is 6.75. The quantitative estimate of drug-likeness (QED) is 0.158. The van der Waals surface area contributed by atoms with Gasteiger partial charge in [-0.1, -0.05) is 96.3 Å². The Morgan fingerprint density at radius 3 is 2.30 bits per heavy atom. The molecule has 0 saturated heterocycles. The first-order valence-corrected chi connectivity index (χ1v) is 13.1. The molecule has 1 aliphatic rings. The fraction of sp³-hybridized carbons (Fsp3) is 0.133. The molecule has 0 bridgehead atoms. The molecule has 1 aromatic heterocycles. The molecular weight excluding hydrogens is 526 g/mol. The average molecular weight is 550 g/mol. The number of carbonyl (C=O) groups is 1. The number of nitro benzene ring substituents is 1. The molecular formula is C30H23N5O4S. The van der Waals surface area contributed by atoms with Crippen molar-refractivity contribution in [1.29, 1.82) is 0 Å². The lowest BCUT2D eigenvalue weighted by molar-refractivity contribution is -0.384. The van der Waals surface area contributed by atoms with Crippen LogP contribution in [-0.2, 0) is 11.2 Å². The fourth-order valence-electron chi connectivity index (χ4n) is 5.16. The molecule has 0 saturated carbocycles. The summed E-state index contributed by atoms with van der Waals surface area (Å²) in [7, 11) is 0. The van der Waals surface area contributed by atoms with Gasteiger partial charge in [-0.05, 0) is 40.3 Å².